The fraction of sp³-hybridized carbons (Fsp3) is 0.217. The van der Waals surface area contributed by atoms with E-state index in [9.17, 15) is 14.0 Å². The van der Waals surface area contributed by atoms with Gasteiger partial charge in [-0.2, -0.15) is 0 Å². The van der Waals surface area contributed by atoms with E-state index in [2.05, 4.69) is 16.3 Å². The predicted molar refractivity (Wildman–Crippen MR) is 117 cm³/mol. The summed E-state index contributed by atoms with van der Waals surface area (Å²) in [5.41, 5.74) is 3.87. The topological polar surface area (TPSA) is 58.6 Å². The van der Waals surface area contributed by atoms with Crippen molar-refractivity contribution < 1.29 is 18.7 Å². The Labute approximate surface area is 178 Å². The Kier molecular flexibility index (Phi) is 5.81. The lowest BCUT2D eigenvalue weighted by atomic mass is 10.0. The van der Waals surface area contributed by atoms with Gasteiger partial charge in [0.15, 0.2) is 0 Å². The largest absolute Gasteiger partial charge is 0.465 e. The molecule has 154 valence electrons. The second kappa shape index (κ2) is 8.67. The van der Waals surface area contributed by atoms with E-state index in [1.165, 1.54) is 36.1 Å². The summed E-state index contributed by atoms with van der Waals surface area (Å²) in [7, 11) is 1.30. The molecule has 0 aliphatic carbocycles. The maximum Gasteiger partial charge on any atom is 0.341 e. The standard InChI is InChI=1S/C23H21FN2O3S/c1-29-23(28)21-18(15-8-10-17(24)11-9-15)14-30-22(21)25-20(27)13-26-12-4-6-16-5-2-3-7-19(16)26/h2-3,5,7-11,14H,4,6,12-13H2,1H3,(H,25,27). The average Bonchev–Trinajstić information content (AvgIpc) is 3.17. The molecule has 5 nitrogen and oxygen atoms in total. The lowest BCUT2D eigenvalue weighted by Crippen LogP contribution is -2.36. The molecule has 1 amide bonds. The van der Waals surface area contributed by atoms with E-state index in [-0.39, 0.29) is 23.8 Å². The first-order chi connectivity index (χ1) is 14.6. The van der Waals surface area contributed by atoms with Crippen LogP contribution in [-0.2, 0) is 16.0 Å². The number of halogens is 1. The summed E-state index contributed by atoms with van der Waals surface area (Å²) in [6.07, 6.45) is 2.00. The molecule has 2 aromatic carbocycles. The van der Waals surface area contributed by atoms with Gasteiger partial charge in [0.25, 0.3) is 0 Å². The van der Waals surface area contributed by atoms with Crippen LogP contribution in [0.1, 0.15) is 22.3 Å². The van der Waals surface area contributed by atoms with Crippen molar-refractivity contribution in [1.82, 2.24) is 0 Å². The molecule has 0 spiro atoms. The molecule has 0 bridgehead atoms. The summed E-state index contributed by atoms with van der Waals surface area (Å²) in [6.45, 7) is 1.00. The highest BCUT2D eigenvalue weighted by Crippen LogP contribution is 2.36. The van der Waals surface area contributed by atoms with Gasteiger partial charge in [-0.05, 0) is 42.2 Å². The van der Waals surface area contributed by atoms with Crippen LogP contribution in [0, 0.1) is 5.82 Å². The highest BCUT2D eigenvalue weighted by Gasteiger charge is 2.24. The number of thiophene rings is 1. The van der Waals surface area contributed by atoms with Crippen LogP contribution in [0.3, 0.4) is 0 Å². The number of esters is 1. The third-order valence-corrected chi connectivity index (χ3v) is 6.03. The monoisotopic (exact) mass is 424 g/mol. The van der Waals surface area contributed by atoms with E-state index in [0.717, 1.165) is 25.1 Å². The van der Waals surface area contributed by atoms with Crippen LogP contribution in [0.5, 0.6) is 0 Å². The molecule has 0 saturated carbocycles. The highest BCUT2D eigenvalue weighted by atomic mass is 32.1. The molecule has 7 heteroatoms. The van der Waals surface area contributed by atoms with Gasteiger partial charge in [0, 0.05) is 23.2 Å². The Morgan fingerprint density at radius 3 is 2.70 bits per heavy atom. The highest BCUT2D eigenvalue weighted by molar-refractivity contribution is 7.15. The van der Waals surface area contributed by atoms with Crippen molar-refractivity contribution in [2.24, 2.45) is 0 Å². The van der Waals surface area contributed by atoms with Gasteiger partial charge in [-0.3, -0.25) is 4.79 Å². The van der Waals surface area contributed by atoms with Crippen LogP contribution in [0.25, 0.3) is 11.1 Å². The van der Waals surface area contributed by atoms with E-state index >= 15 is 0 Å². The fourth-order valence-corrected chi connectivity index (χ4v) is 4.69. The number of aryl methyl sites for hydroxylation is 1. The van der Waals surface area contributed by atoms with E-state index in [1.54, 1.807) is 17.5 Å². The second-order valence-electron chi connectivity index (χ2n) is 7.05. The van der Waals surface area contributed by atoms with Gasteiger partial charge in [0.1, 0.15) is 16.4 Å². The van der Waals surface area contributed by atoms with E-state index in [0.29, 0.717) is 16.1 Å². The predicted octanol–water partition coefficient (Wildman–Crippen LogP) is 4.73. The van der Waals surface area contributed by atoms with E-state index < -0.39 is 5.97 Å². The third-order valence-electron chi connectivity index (χ3n) is 5.13. The number of ether oxygens (including phenoxy) is 1. The van der Waals surface area contributed by atoms with Gasteiger partial charge >= 0.3 is 5.97 Å². The number of fused-ring (bicyclic) bond motifs is 1. The molecule has 1 N–H and O–H groups in total. The smallest absolute Gasteiger partial charge is 0.341 e. The number of anilines is 2. The molecule has 4 rings (SSSR count). The number of methoxy groups -OCH3 is 1. The summed E-state index contributed by atoms with van der Waals surface area (Å²) >= 11 is 1.25. The zero-order valence-electron chi connectivity index (χ0n) is 16.5. The van der Waals surface area contributed by atoms with Gasteiger partial charge in [-0.25, -0.2) is 9.18 Å². The first-order valence-corrected chi connectivity index (χ1v) is 10.5. The van der Waals surface area contributed by atoms with Crippen LogP contribution in [0.15, 0.2) is 53.9 Å². The number of carbonyl (C=O) groups excluding carboxylic acids is 2. The van der Waals surface area contributed by atoms with Crippen LogP contribution in [0.2, 0.25) is 0 Å². The van der Waals surface area contributed by atoms with Crippen molar-refractivity contribution in [3.05, 3.63) is 70.9 Å². The quantitative estimate of drug-likeness (QED) is 0.602. The number of amides is 1. The Balaban J connectivity index is 1.57. The number of nitrogens with one attached hydrogen (secondary N) is 1. The number of carbonyl (C=O) groups is 2. The Bertz CT molecular complexity index is 1080. The van der Waals surface area contributed by atoms with Crippen molar-refractivity contribution in [2.75, 3.05) is 30.4 Å². The minimum absolute atomic E-state index is 0.196. The van der Waals surface area contributed by atoms with Crippen molar-refractivity contribution >= 4 is 33.9 Å². The number of para-hydroxylation sites is 1. The van der Waals surface area contributed by atoms with Gasteiger partial charge in [0.2, 0.25) is 5.91 Å². The van der Waals surface area contributed by atoms with Crippen molar-refractivity contribution in [2.45, 2.75) is 12.8 Å². The zero-order valence-corrected chi connectivity index (χ0v) is 17.3. The molecule has 0 radical (unpaired) electrons. The molecule has 0 unspecified atom stereocenters. The van der Waals surface area contributed by atoms with Crippen LogP contribution >= 0.6 is 11.3 Å². The van der Waals surface area contributed by atoms with Crippen LogP contribution < -0.4 is 10.2 Å². The number of hydrogen-bond acceptors (Lipinski definition) is 5. The molecular formula is C23H21FN2O3S. The summed E-state index contributed by atoms with van der Waals surface area (Å²) in [6, 6.07) is 14.0. The molecule has 1 aliphatic heterocycles. The lowest BCUT2D eigenvalue weighted by molar-refractivity contribution is -0.115. The number of rotatable bonds is 5. The first-order valence-electron chi connectivity index (χ1n) is 9.65. The normalized spacial score (nSPS) is 12.9. The number of nitrogens with zero attached hydrogens (tertiary/aromatic N) is 1. The Hall–Kier alpha value is -3.19. The van der Waals surface area contributed by atoms with Crippen molar-refractivity contribution in [1.29, 1.82) is 0 Å². The summed E-state index contributed by atoms with van der Waals surface area (Å²) < 4.78 is 18.2. The second-order valence-corrected chi connectivity index (χ2v) is 7.93. The third kappa shape index (κ3) is 4.07. The summed E-state index contributed by atoms with van der Waals surface area (Å²) in [5.74, 6) is -1.11. The Morgan fingerprint density at radius 1 is 1.17 bits per heavy atom. The van der Waals surface area contributed by atoms with E-state index in [1.807, 2.05) is 18.2 Å². The number of hydrogen-bond donors (Lipinski definition) is 1. The fourth-order valence-electron chi connectivity index (χ4n) is 3.71. The molecule has 3 aromatic rings. The van der Waals surface area contributed by atoms with E-state index in [4.69, 9.17) is 4.74 Å². The van der Waals surface area contributed by atoms with Gasteiger partial charge in [0.05, 0.1) is 13.7 Å². The first kappa shape index (κ1) is 20.1. The minimum atomic E-state index is -0.547. The molecule has 0 atom stereocenters. The molecule has 2 heterocycles. The molecule has 30 heavy (non-hydrogen) atoms. The van der Waals surface area contributed by atoms with Gasteiger partial charge in [-0.1, -0.05) is 30.3 Å². The molecular weight excluding hydrogens is 403 g/mol. The zero-order chi connectivity index (χ0) is 21.1. The molecule has 0 fully saturated rings. The number of benzene rings is 2. The van der Waals surface area contributed by atoms with Crippen molar-refractivity contribution in [3.63, 3.8) is 0 Å². The average molecular weight is 424 g/mol. The van der Waals surface area contributed by atoms with Gasteiger partial charge < -0.3 is 15.0 Å². The van der Waals surface area contributed by atoms with Gasteiger partial charge in [-0.15, -0.1) is 11.3 Å². The summed E-state index contributed by atoms with van der Waals surface area (Å²) in [4.78, 5) is 27.3. The SMILES string of the molecule is COC(=O)c1c(-c2ccc(F)cc2)csc1NC(=O)CN1CCCc2ccccc21. The molecule has 1 aromatic heterocycles. The van der Waals surface area contributed by atoms with Crippen molar-refractivity contribution in [3.8, 4) is 11.1 Å². The summed E-state index contributed by atoms with van der Waals surface area (Å²) in [5, 5.41) is 5.06. The molecule has 1 aliphatic rings. The molecule has 0 saturated heterocycles. The minimum Gasteiger partial charge on any atom is -0.465 e. The maximum absolute atomic E-state index is 13.3. The maximum atomic E-state index is 13.3. The lowest BCUT2D eigenvalue weighted by Gasteiger charge is -2.30. The van der Waals surface area contributed by atoms with Crippen LogP contribution in [0.4, 0.5) is 15.1 Å². The van der Waals surface area contributed by atoms with Crippen LogP contribution in [-0.4, -0.2) is 32.1 Å². The Morgan fingerprint density at radius 2 is 1.93 bits per heavy atom.